The van der Waals surface area contributed by atoms with Crippen LogP contribution in [0.5, 0.6) is 0 Å². The summed E-state index contributed by atoms with van der Waals surface area (Å²) in [4.78, 5) is 24.9. The van der Waals surface area contributed by atoms with Gasteiger partial charge in [-0.15, -0.1) is 0 Å². The van der Waals surface area contributed by atoms with Gasteiger partial charge in [-0.3, -0.25) is 9.59 Å². The van der Waals surface area contributed by atoms with Gasteiger partial charge < -0.3 is 39.4 Å². The number of aliphatic hydroxyl groups excluding tert-OH is 4. The third kappa shape index (κ3) is 20.8. The molecule has 1 saturated heterocycles. The van der Waals surface area contributed by atoms with E-state index >= 15 is 0 Å². The highest BCUT2D eigenvalue weighted by molar-refractivity contribution is 5.70. The van der Waals surface area contributed by atoms with Crippen LogP contribution in [0.25, 0.3) is 0 Å². The molecule has 10 nitrogen and oxygen atoms in total. The second-order valence-electron chi connectivity index (χ2n) is 13.0. The minimum absolute atomic E-state index is 0.211. The topological polar surface area (TPSA) is 152 Å². The van der Waals surface area contributed by atoms with Crippen molar-refractivity contribution < 1.29 is 49.0 Å². The van der Waals surface area contributed by atoms with Crippen molar-refractivity contribution in [2.45, 2.75) is 198 Å². The lowest BCUT2D eigenvalue weighted by Gasteiger charge is -2.39. The number of carbonyl (C=O) groups is 2. The number of aliphatic hydroxyl groups is 4. The number of carbonyl (C=O) groups excluding carboxylic acids is 2. The van der Waals surface area contributed by atoms with Crippen LogP contribution < -0.4 is 0 Å². The summed E-state index contributed by atoms with van der Waals surface area (Å²) in [5.74, 6) is -0.809. The van der Waals surface area contributed by atoms with E-state index in [4.69, 9.17) is 18.9 Å². The maximum Gasteiger partial charge on any atom is 0.306 e. The van der Waals surface area contributed by atoms with Gasteiger partial charge in [0.15, 0.2) is 12.4 Å². The highest BCUT2D eigenvalue weighted by Gasteiger charge is 2.44. The Bertz CT molecular complexity index is 734. The standard InChI is InChI=1S/C36H68O10/c1-3-5-7-9-11-12-13-14-15-16-17-18-19-21-22-24-31(38)43-27-29(45-32(39)25-23-20-10-8-6-4-2)28-44-36-35(42)34(41)33(40)30(26-37)46-36/h29-30,33-37,40-42H,3-28H2,1-2H3/t29-,30-,33+,34+,35-,36-/m1/s1. The fourth-order valence-electron chi connectivity index (χ4n) is 5.72. The van der Waals surface area contributed by atoms with E-state index in [0.29, 0.717) is 6.42 Å². The van der Waals surface area contributed by atoms with Crippen molar-refractivity contribution in [1.29, 1.82) is 0 Å². The molecule has 1 fully saturated rings. The normalized spacial score (nSPS) is 22.1. The van der Waals surface area contributed by atoms with Crippen molar-refractivity contribution in [2.24, 2.45) is 0 Å². The first-order valence-corrected chi connectivity index (χ1v) is 18.6. The van der Waals surface area contributed by atoms with Gasteiger partial charge in [0.1, 0.15) is 31.0 Å². The van der Waals surface area contributed by atoms with E-state index in [-0.39, 0.29) is 32.0 Å². The Balaban J connectivity index is 2.32. The summed E-state index contributed by atoms with van der Waals surface area (Å²) in [6.07, 6.45) is 17.2. The average Bonchev–Trinajstić information content (AvgIpc) is 3.05. The minimum atomic E-state index is -1.59. The second kappa shape index (κ2) is 28.7. The van der Waals surface area contributed by atoms with Crippen LogP contribution >= 0.6 is 0 Å². The Hall–Kier alpha value is -1.30. The molecule has 272 valence electrons. The van der Waals surface area contributed by atoms with E-state index in [1.165, 1.54) is 83.5 Å². The monoisotopic (exact) mass is 660 g/mol. The SMILES string of the molecule is CCCCCCCCCCCCCCCCCC(=O)OC[C@H](CO[C@@H]1O[C@H](CO)[C@H](O)[C@H](O)[C@H]1O)OC(=O)CCCCCCCC. The van der Waals surface area contributed by atoms with Crippen LogP contribution in [0.2, 0.25) is 0 Å². The van der Waals surface area contributed by atoms with Gasteiger partial charge in [-0.25, -0.2) is 0 Å². The van der Waals surface area contributed by atoms with Crippen LogP contribution in [-0.2, 0) is 28.5 Å². The van der Waals surface area contributed by atoms with E-state index in [9.17, 15) is 30.0 Å². The van der Waals surface area contributed by atoms with Gasteiger partial charge >= 0.3 is 11.9 Å². The van der Waals surface area contributed by atoms with Crippen LogP contribution in [0.4, 0.5) is 0 Å². The van der Waals surface area contributed by atoms with E-state index in [2.05, 4.69) is 13.8 Å². The van der Waals surface area contributed by atoms with Crippen molar-refractivity contribution in [3.05, 3.63) is 0 Å². The predicted molar refractivity (Wildman–Crippen MR) is 178 cm³/mol. The summed E-state index contributed by atoms with van der Waals surface area (Å²) in [6.45, 7) is 3.34. The molecule has 1 aliphatic rings. The highest BCUT2D eigenvalue weighted by atomic mass is 16.7. The molecule has 4 N–H and O–H groups in total. The first kappa shape index (κ1) is 42.7. The molecule has 0 bridgehead atoms. The van der Waals surface area contributed by atoms with Crippen LogP contribution in [0.15, 0.2) is 0 Å². The van der Waals surface area contributed by atoms with Gasteiger partial charge in [-0.2, -0.15) is 0 Å². The molecular weight excluding hydrogens is 592 g/mol. The first-order chi connectivity index (χ1) is 22.3. The molecular formula is C36H68O10. The Morgan fingerprint density at radius 2 is 1.02 bits per heavy atom. The Morgan fingerprint density at radius 3 is 1.48 bits per heavy atom. The largest absolute Gasteiger partial charge is 0.462 e. The Kier molecular flexibility index (Phi) is 26.6. The number of unbranched alkanes of at least 4 members (excludes halogenated alkanes) is 19. The van der Waals surface area contributed by atoms with E-state index in [0.717, 1.165) is 44.9 Å². The van der Waals surface area contributed by atoms with Gasteiger partial charge in [0.25, 0.3) is 0 Å². The van der Waals surface area contributed by atoms with Crippen molar-refractivity contribution in [3.8, 4) is 0 Å². The summed E-state index contributed by atoms with van der Waals surface area (Å²) in [6, 6.07) is 0. The third-order valence-electron chi connectivity index (χ3n) is 8.74. The lowest BCUT2D eigenvalue weighted by atomic mass is 9.99. The summed E-state index contributed by atoms with van der Waals surface area (Å²) >= 11 is 0. The molecule has 46 heavy (non-hydrogen) atoms. The number of ether oxygens (including phenoxy) is 4. The molecule has 0 aromatic carbocycles. The number of esters is 2. The Labute approximate surface area is 278 Å². The molecule has 0 saturated carbocycles. The predicted octanol–water partition coefficient (Wildman–Crippen LogP) is 6.27. The fourth-order valence-corrected chi connectivity index (χ4v) is 5.72. The average molecular weight is 661 g/mol. The smallest absolute Gasteiger partial charge is 0.306 e. The lowest BCUT2D eigenvalue weighted by molar-refractivity contribution is -0.305. The molecule has 0 aromatic rings. The van der Waals surface area contributed by atoms with Crippen LogP contribution in [0, 0.1) is 0 Å². The second-order valence-corrected chi connectivity index (χ2v) is 13.0. The molecule has 0 spiro atoms. The van der Waals surface area contributed by atoms with Gasteiger partial charge in [-0.05, 0) is 12.8 Å². The zero-order valence-corrected chi connectivity index (χ0v) is 29.1. The van der Waals surface area contributed by atoms with Crippen molar-refractivity contribution in [2.75, 3.05) is 19.8 Å². The van der Waals surface area contributed by atoms with Crippen LogP contribution in [0.3, 0.4) is 0 Å². The van der Waals surface area contributed by atoms with E-state index in [1.807, 2.05) is 0 Å². The fraction of sp³-hybridized carbons (Fsp3) is 0.944. The molecule has 0 aromatic heterocycles. The zero-order valence-electron chi connectivity index (χ0n) is 29.1. The van der Waals surface area contributed by atoms with Crippen LogP contribution in [0.1, 0.15) is 162 Å². The Morgan fingerprint density at radius 1 is 0.587 bits per heavy atom. The zero-order chi connectivity index (χ0) is 33.8. The summed E-state index contributed by atoms with van der Waals surface area (Å²) < 4.78 is 21.9. The maximum atomic E-state index is 12.5. The number of hydrogen-bond acceptors (Lipinski definition) is 10. The number of rotatable bonds is 30. The van der Waals surface area contributed by atoms with Crippen LogP contribution in [-0.4, -0.2) is 89.0 Å². The van der Waals surface area contributed by atoms with Gasteiger partial charge in [0.2, 0.25) is 0 Å². The quantitative estimate of drug-likeness (QED) is 0.0512. The summed E-state index contributed by atoms with van der Waals surface area (Å²) in [5.41, 5.74) is 0. The molecule has 0 radical (unpaired) electrons. The molecule has 0 unspecified atom stereocenters. The summed E-state index contributed by atoms with van der Waals surface area (Å²) in [5, 5.41) is 39.7. The van der Waals surface area contributed by atoms with Crippen molar-refractivity contribution in [3.63, 3.8) is 0 Å². The molecule has 1 heterocycles. The molecule has 0 amide bonds. The summed E-state index contributed by atoms with van der Waals surface area (Å²) in [7, 11) is 0. The van der Waals surface area contributed by atoms with Gasteiger partial charge in [-0.1, -0.05) is 136 Å². The molecule has 6 atom stereocenters. The first-order valence-electron chi connectivity index (χ1n) is 18.6. The number of hydrogen-bond donors (Lipinski definition) is 4. The van der Waals surface area contributed by atoms with E-state index in [1.54, 1.807) is 0 Å². The van der Waals surface area contributed by atoms with Crippen molar-refractivity contribution in [1.82, 2.24) is 0 Å². The van der Waals surface area contributed by atoms with Crippen molar-refractivity contribution >= 4 is 11.9 Å². The minimum Gasteiger partial charge on any atom is -0.462 e. The lowest BCUT2D eigenvalue weighted by Crippen LogP contribution is -2.59. The molecule has 1 rings (SSSR count). The van der Waals surface area contributed by atoms with E-state index < -0.39 is 49.4 Å². The van der Waals surface area contributed by atoms with Gasteiger partial charge in [0, 0.05) is 12.8 Å². The highest BCUT2D eigenvalue weighted by Crippen LogP contribution is 2.22. The molecule has 10 heteroatoms. The molecule has 0 aliphatic carbocycles. The maximum absolute atomic E-state index is 12.5. The third-order valence-corrected chi connectivity index (χ3v) is 8.74. The molecule has 1 aliphatic heterocycles. The van der Waals surface area contributed by atoms with Gasteiger partial charge in [0.05, 0.1) is 13.2 Å².